The molecule has 2 aromatic carbocycles. The first-order chi connectivity index (χ1) is 13.0. The van der Waals surface area contributed by atoms with Crippen LogP contribution in [0.5, 0.6) is 5.75 Å². The highest BCUT2D eigenvalue weighted by molar-refractivity contribution is 8.01. The summed E-state index contributed by atoms with van der Waals surface area (Å²) in [4.78, 5) is 38.2. The quantitative estimate of drug-likeness (QED) is 0.747. The van der Waals surface area contributed by atoms with Gasteiger partial charge in [-0.25, -0.2) is 4.90 Å². The van der Waals surface area contributed by atoms with Gasteiger partial charge in [-0.05, 0) is 36.4 Å². The predicted molar refractivity (Wildman–Crippen MR) is 106 cm³/mol. The number of benzene rings is 2. The number of thioether (sulfide) groups is 1. The Morgan fingerprint density at radius 2 is 1.93 bits per heavy atom. The van der Waals surface area contributed by atoms with Gasteiger partial charge in [-0.15, -0.1) is 11.8 Å². The van der Waals surface area contributed by atoms with Crippen molar-refractivity contribution in [1.82, 2.24) is 0 Å². The van der Waals surface area contributed by atoms with Crippen molar-refractivity contribution in [3.8, 4) is 5.75 Å². The average Bonchev–Trinajstić information content (AvgIpc) is 2.95. The second-order valence-corrected chi connectivity index (χ2v) is 7.42. The fraction of sp³-hybridized carbons (Fsp3) is 0.211. The molecule has 8 heteroatoms. The predicted octanol–water partition coefficient (Wildman–Crippen LogP) is 3.35. The van der Waals surface area contributed by atoms with Crippen LogP contribution in [-0.2, 0) is 14.4 Å². The molecule has 0 spiro atoms. The van der Waals surface area contributed by atoms with E-state index in [1.54, 1.807) is 48.5 Å². The molecule has 0 aromatic heterocycles. The Balaban J connectivity index is 1.60. The van der Waals surface area contributed by atoms with Gasteiger partial charge in [-0.3, -0.25) is 14.4 Å². The van der Waals surface area contributed by atoms with E-state index in [9.17, 15) is 14.4 Å². The summed E-state index contributed by atoms with van der Waals surface area (Å²) in [6.45, 7) is 0. The Kier molecular flexibility index (Phi) is 6.03. The van der Waals surface area contributed by atoms with Crippen molar-refractivity contribution >= 4 is 52.5 Å². The SMILES string of the molecule is COc1ccccc1NC(=O)CSC1CC(=O)N(c2ccc(Cl)cc2)C1=O. The van der Waals surface area contributed by atoms with Crippen molar-refractivity contribution in [2.45, 2.75) is 11.7 Å². The van der Waals surface area contributed by atoms with E-state index in [2.05, 4.69) is 5.32 Å². The minimum atomic E-state index is -0.586. The number of anilines is 2. The molecule has 1 N–H and O–H groups in total. The van der Waals surface area contributed by atoms with Crippen molar-refractivity contribution < 1.29 is 19.1 Å². The largest absolute Gasteiger partial charge is 0.495 e. The molecule has 1 saturated heterocycles. The zero-order valence-corrected chi connectivity index (χ0v) is 16.0. The molecule has 27 heavy (non-hydrogen) atoms. The summed E-state index contributed by atoms with van der Waals surface area (Å²) in [7, 11) is 1.52. The van der Waals surface area contributed by atoms with Gasteiger partial charge in [0.25, 0.3) is 0 Å². The van der Waals surface area contributed by atoms with Gasteiger partial charge in [0, 0.05) is 11.4 Å². The number of carbonyl (C=O) groups excluding carboxylic acids is 3. The molecule has 140 valence electrons. The third-order valence-electron chi connectivity index (χ3n) is 3.99. The fourth-order valence-electron chi connectivity index (χ4n) is 2.71. The second-order valence-electron chi connectivity index (χ2n) is 5.80. The normalized spacial score (nSPS) is 16.5. The molecule has 1 heterocycles. The van der Waals surface area contributed by atoms with E-state index >= 15 is 0 Å². The number of hydrogen-bond acceptors (Lipinski definition) is 5. The van der Waals surface area contributed by atoms with E-state index in [0.29, 0.717) is 22.1 Å². The maximum absolute atomic E-state index is 12.6. The number of nitrogens with zero attached hydrogens (tertiary/aromatic N) is 1. The zero-order chi connectivity index (χ0) is 19.4. The number of para-hydroxylation sites is 2. The van der Waals surface area contributed by atoms with Crippen LogP contribution >= 0.6 is 23.4 Å². The summed E-state index contributed by atoms with van der Waals surface area (Å²) in [5.41, 5.74) is 1.04. The minimum absolute atomic E-state index is 0.0518. The van der Waals surface area contributed by atoms with E-state index in [1.807, 2.05) is 0 Å². The molecular formula is C19H17ClN2O4S. The van der Waals surface area contributed by atoms with Gasteiger partial charge in [0.15, 0.2) is 0 Å². The summed E-state index contributed by atoms with van der Waals surface area (Å²) in [6, 6.07) is 13.6. The van der Waals surface area contributed by atoms with Crippen molar-refractivity contribution in [3.05, 3.63) is 53.6 Å². The molecular weight excluding hydrogens is 388 g/mol. The van der Waals surface area contributed by atoms with Gasteiger partial charge in [0.1, 0.15) is 5.75 Å². The number of hydrogen-bond donors (Lipinski definition) is 1. The zero-order valence-electron chi connectivity index (χ0n) is 14.5. The van der Waals surface area contributed by atoms with Crippen molar-refractivity contribution in [2.75, 3.05) is 23.1 Å². The number of rotatable bonds is 6. The van der Waals surface area contributed by atoms with Crippen LogP contribution in [0.25, 0.3) is 0 Å². The first-order valence-corrected chi connectivity index (χ1v) is 9.59. The van der Waals surface area contributed by atoms with E-state index < -0.39 is 5.25 Å². The molecule has 6 nitrogen and oxygen atoms in total. The highest BCUT2D eigenvalue weighted by Gasteiger charge is 2.40. The number of nitrogens with one attached hydrogen (secondary N) is 1. The summed E-state index contributed by atoms with van der Waals surface area (Å²) in [5, 5.41) is 2.69. The summed E-state index contributed by atoms with van der Waals surface area (Å²) in [6.07, 6.45) is 0.0636. The Morgan fingerprint density at radius 3 is 2.63 bits per heavy atom. The lowest BCUT2D eigenvalue weighted by Gasteiger charge is -2.15. The molecule has 1 aliphatic heterocycles. The standard InChI is InChI=1S/C19H17ClN2O4S/c1-26-15-5-3-2-4-14(15)21-17(23)11-27-16-10-18(24)22(19(16)25)13-8-6-12(20)7-9-13/h2-9,16H,10-11H2,1H3,(H,21,23). The van der Waals surface area contributed by atoms with E-state index in [-0.39, 0.29) is 29.9 Å². The maximum Gasteiger partial charge on any atom is 0.247 e. The fourth-order valence-corrected chi connectivity index (χ4v) is 3.77. The summed E-state index contributed by atoms with van der Waals surface area (Å²) < 4.78 is 5.19. The summed E-state index contributed by atoms with van der Waals surface area (Å²) in [5.74, 6) is -0.273. The van der Waals surface area contributed by atoms with Gasteiger partial charge >= 0.3 is 0 Å². The lowest BCUT2D eigenvalue weighted by atomic mass is 10.3. The van der Waals surface area contributed by atoms with Crippen LogP contribution < -0.4 is 15.0 Å². The van der Waals surface area contributed by atoms with Gasteiger partial charge in [0.05, 0.1) is 29.5 Å². The first kappa shape index (κ1) is 19.3. The Hall–Kier alpha value is -2.51. The van der Waals surface area contributed by atoms with E-state index in [1.165, 1.54) is 7.11 Å². The number of methoxy groups -OCH3 is 1. The molecule has 1 aliphatic rings. The molecule has 3 amide bonds. The number of imide groups is 1. The van der Waals surface area contributed by atoms with E-state index in [0.717, 1.165) is 16.7 Å². The lowest BCUT2D eigenvalue weighted by molar-refractivity contribution is -0.121. The number of ether oxygens (including phenoxy) is 1. The van der Waals surface area contributed by atoms with Crippen molar-refractivity contribution in [1.29, 1.82) is 0 Å². The molecule has 3 rings (SSSR count). The van der Waals surface area contributed by atoms with Gasteiger partial charge in [-0.1, -0.05) is 23.7 Å². The first-order valence-electron chi connectivity index (χ1n) is 8.16. The molecule has 0 saturated carbocycles. The van der Waals surface area contributed by atoms with Crippen LogP contribution in [0.4, 0.5) is 11.4 Å². The maximum atomic E-state index is 12.6. The molecule has 1 unspecified atom stereocenters. The van der Waals surface area contributed by atoms with Crippen molar-refractivity contribution in [2.24, 2.45) is 0 Å². The number of halogens is 1. The third-order valence-corrected chi connectivity index (χ3v) is 5.44. The smallest absolute Gasteiger partial charge is 0.247 e. The highest BCUT2D eigenvalue weighted by atomic mass is 35.5. The minimum Gasteiger partial charge on any atom is -0.495 e. The molecule has 0 bridgehead atoms. The Labute approximate surface area is 165 Å². The van der Waals surface area contributed by atoms with Crippen molar-refractivity contribution in [3.63, 3.8) is 0 Å². The van der Waals surface area contributed by atoms with Gasteiger partial charge < -0.3 is 10.1 Å². The van der Waals surface area contributed by atoms with E-state index in [4.69, 9.17) is 16.3 Å². The average molecular weight is 405 g/mol. The number of carbonyl (C=O) groups is 3. The van der Waals surface area contributed by atoms with Crippen LogP contribution in [0.3, 0.4) is 0 Å². The third kappa shape index (κ3) is 4.43. The van der Waals surface area contributed by atoms with Gasteiger partial charge in [0.2, 0.25) is 17.7 Å². The lowest BCUT2D eigenvalue weighted by Crippen LogP contribution is -2.31. The molecule has 2 aromatic rings. The second kappa shape index (κ2) is 8.45. The van der Waals surface area contributed by atoms with Crippen LogP contribution in [0, 0.1) is 0 Å². The summed E-state index contributed by atoms with van der Waals surface area (Å²) >= 11 is 6.99. The van der Waals surface area contributed by atoms with Crippen LogP contribution in [0.1, 0.15) is 6.42 Å². The molecule has 0 aliphatic carbocycles. The van der Waals surface area contributed by atoms with Gasteiger partial charge in [-0.2, -0.15) is 0 Å². The van der Waals surface area contributed by atoms with Crippen LogP contribution in [0.2, 0.25) is 5.02 Å². The van der Waals surface area contributed by atoms with Crippen LogP contribution in [0.15, 0.2) is 48.5 Å². The van der Waals surface area contributed by atoms with Crippen LogP contribution in [-0.4, -0.2) is 35.8 Å². The Bertz CT molecular complexity index is 872. The molecule has 1 atom stereocenters. The highest BCUT2D eigenvalue weighted by Crippen LogP contribution is 2.30. The monoisotopic (exact) mass is 404 g/mol. The molecule has 0 radical (unpaired) electrons. The number of amides is 3. The topological polar surface area (TPSA) is 75.7 Å². The Morgan fingerprint density at radius 1 is 1.22 bits per heavy atom. The molecule has 1 fully saturated rings.